The highest BCUT2D eigenvalue weighted by atomic mass is 32.2. The molecule has 0 radical (unpaired) electrons. The van der Waals surface area contributed by atoms with Crippen LogP contribution in [-0.2, 0) is 19.6 Å². The molecular weight excluding hydrogens is 308 g/mol. The number of hydrogen-bond acceptors (Lipinski definition) is 4. The average molecular weight is 334 g/mol. The minimum atomic E-state index is -3.65. The van der Waals surface area contributed by atoms with E-state index in [9.17, 15) is 18.0 Å². The summed E-state index contributed by atoms with van der Waals surface area (Å²) in [5, 5.41) is 11.1. The molecule has 0 bridgehead atoms. The molecule has 0 aromatic rings. The van der Waals surface area contributed by atoms with Crippen LogP contribution in [0.3, 0.4) is 0 Å². The van der Waals surface area contributed by atoms with Crippen molar-refractivity contribution in [3.8, 4) is 0 Å². The van der Waals surface area contributed by atoms with E-state index in [4.69, 9.17) is 5.11 Å². The summed E-state index contributed by atoms with van der Waals surface area (Å²) in [6.07, 6.45) is 3.80. The van der Waals surface area contributed by atoms with Gasteiger partial charge < -0.3 is 10.4 Å². The molecule has 1 amide bonds. The molecule has 1 saturated carbocycles. The summed E-state index contributed by atoms with van der Waals surface area (Å²) in [4.78, 5) is 22.2. The minimum absolute atomic E-state index is 0.0628. The van der Waals surface area contributed by atoms with Crippen LogP contribution in [0.2, 0.25) is 0 Å². The first kappa shape index (κ1) is 18.9. The van der Waals surface area contributed by atoms with Crippen molar-refractivity contribution in [2.45, 2.75) is 64.5 Å². The van der Waals surface area contributed by atoms with Gasteiger partial charge in [-0.3, -0.25) is 9.59 Å². The monoisotopic (exact) mass is 334 g/mol. The number of carboxylic acids is 1. The van der Waals surface area contributed by atoms with Gasteiger partial charge in [0.2, 0.25) is 15.9 Å². The van der Waals surface area contributed by atoms with Crippen LogP contribution in [0, 0.1) is 5.92 Å². The number of sulfonamides is 1. The van der Waals surface area contributed by atoms with E-state index in [-0.39, 0.29) is 24.9 Å². The first-order chi connectivity index (χ1) is 10.2. The van der Waals surface area contributed by atoms with E-state index in [0.717, 1.165) is 25.7 Å². The molecule has 1 rings (SSSR count). The summed E-state index contributed by atoms with van der Waals surface area (Å²) in [5.41, 5.74) is 0. The third kappa shape index (κ3) is 7.74. The Bertz CT molecular complexity index is 483. The van der Waals surface area contributed by atoms with Crippen molar-refractivity contribution in [2.24, 2.45) is 5.92 Å². The largest absolute Gasteiger partial charge is 0.481 e. The smallest absolute Gasteiger partial charge is 0.303 e. The van der Waals surface area contributed by atoms with E-state index in [0.29, 0.717) is 5.92 Å². The molecule has 0 heterocycles. The van der Waals surface area contributed by atoms with E-state index >= 15 is 0 Å². The fourth-order valence-electron chi connectivity index (χ4n) is 2.57. The van der Waals surface area contributed by atoms with Gasteiger partial charge in [-0.2, -0.15) is 0 Å². The Morgan fingerprint density at radius 3 is 2.36 bits per heavy atom. The zero-order valence-electron chi connectivity index (χ0n) is 13.2. The van der Waals surface area contributed by atoms with Gasteiger partial charge in [-0.05, 0) is 44.9 Å². The predicted octanol–water partition coefficient (Wildman–Crippen LogP) is 0.854. The molecule has 3 N–H and O–H groups in total. The zero-order valence-corrected chi connectivity index (χ0v) is 14.0. The van der Waals surface area contributed by atoms with Gasteiger partial charge in [-0.1, -0.05) is 6.92 Å². The fraction of sp³-hybridized carbons (Fsp3) is 0.857. The zero-order chi connectivity index (χ0) is 16.8. The summed E-state index contributed by atoms with van der Waals surface area (Å²) >= 11 is 0. The lowest BCUT2D eigenvalue weighted by Gasteiger charge is -2.26. The van der Waals surface area contributed by atoms with E-state index in [1.54, 1.807) is 6.92 Å². The van der Waals surface area contributed by atoms with Gasteiger partial charge >= 0.3 is 5.97 Å². The predicted molar refractivity (Wildman–Crippen MR) is 82.8 cm³/mol. The van der Waals surface area contributed by atoms with E-state index in [2.05, 4.69) is 17.0 Å². The van der Waals surface area contributed by atoms with E-state index < -0.39 is 27.7 Å². The third-order valence-electron chi connectivity index (χ3n) is 3.88. The molecule has 1 aliphatic carbocycles. The van der Waals surface area contributed by atoms with Gasteiger partial charge in [-0.15, -0.1) is 0 Å². The van der Waals surface area contributed by atoms with Crippen molar-refractivity contribution < 1.29 is 23.1 Å². The maximum atomic E-state index is 12.0. The van der Waals surface area contributed by atoms with Crippen LogP contribution in [0.15, 0.2) is 0 Å². The van der Waals surface area contributed by atoms with Gasteiger partial charge in [0, 0.05) is 18.5 Å². The van der Waals surface area contributed by atoms with Crippen molar-refractivity contribution in [3.63, 3.8) is 0 Å². The molecule has 8 heteroatoms. The standard InChI is InChI=1S/C14H26N2O5S/c1-10-3-6-12(7-4-10)16-22(20,21)9-13(17)15-11(2)5-8-14(18)19/h10-12,16H,3-9H2,1-2H3,(H,15,17)(H,18,19). The molecule has 0 aromatic carbocycles. The molecule has 1 unspecified atom stereocenters. The number of amides is 1. The molecule has 0 saturated heterocycles. The third-order valence-corrected chi connectivity index (χ3v) is 5.22. The Balaban J connectivity index is 2.36. The molecule has 0 aliphatic heterocycles. The molecule has 1 atom stereocenters. The van der Waals surface area contributed by atoms with Crippen molar-refractivity contribution in [1.82, 2.24) is 10.0 Å². The van der Waals surface area contributed by atoms with Crippen LogP contribution < -0.4 is 10.0 Å². The SMILES string of the molecule is CC1CCC(NS(=O)(=O)CC(=O)NC(C)CCC(=O)O)CC1. The van der Waals surface area contributed by atoms with Gasteiger partial charge in [0.25, 0.3) is 0 Å². The van der Waals surface area contributed by atoms with Crippen molar-refractivity contribution >= 4 is 21.9 Å². The van der Waals surface area contributed by atoms with Gasteiger partial charge in [-0.25, -0.2) is 13.1 Å². The Morgan fingerprint density at radius 2 is 1.82 bits per heavy atom. The maximum absolute atomic E-state index is 12.0. The number of carboxylic acid groups (broad SMARTS) is 1. The lowest BCUT2D eigenvalue weighted by Crippen LogP contribution is -2.44. The number of aliphatic carboxylic acids is 1. The van der Waals surface area contributed by atoms with Crippen LogP contribution >= 0.6 is 0 Å². The van der Waals surface area contributed by atoms with Gasteiger partial charge in [0.05, 0.1) is 0 Å². The molecule has 1 aliphatic rings. The van der Waals surface area contributed by atoms with Crippen molar-refractivity contribution in [3.05, 3.63) is 0 Å². The van der Waals surface area contributed by atoms with Crippen LogP contribution in [0.5, 0.6) is 0 Å². The van der Waals surface area contributed by atoms with Crippen LogP contribution in [0.4, 0.5) is 0 Å². The second-order valence-corrected chi connectivity index (χ2v) is 7.99. The molecular formula is C14H26N2O5S. The Kier molecular flexibility index (Phi) is 7.28. The number of hydrogen-bond donors (Lipinski definition) is 3. The normalized spacial score (nSPS) is 23.7. The van der Waals surface area contributed by atoms with Crippen LogP contribution in [0.1, 0.15) is 52.4 Å². The summed E-state index contributed by atoms with van der Waals surface area (Å²) in [6.45, 7) is 3.81. The number of carbonyl (C=O) groups excluding carboxylic acids is 1. The van der Waals surface area contributed by atoms with Gasteiger partial charge in [0.1, 0.15) is 5.75 Å². The highest BCUT2D eigenvalue weighted by Gasteiger charge is 2.25. The summed E-state index contributed by atoms with van der Waals surface area (Å²) in [7, 11) is -3.65. The molecule has 7 nitrogen and oxygen atoms in total. The van der Waals surface area contributed by atoms with Crippen LogP contribution in [0.25, 0.3) is 0 Å². The van der Waals surface area contributed by atoms with E-state index in [1.165, 1.54) is 0 Å². The molecule has 0 aromatic heterocycles. The average Bonchev–Trinajstić information content (AvgIpc) is 2.38. The number of nitrogens with one attached hydrogen (secondary N) is 2. The Labute approximate surface area is 131 Å². The minimum Gasteiger partial charge on any atom is -0.481 e. The van der Waals surface area contributed by atoms with Crippen molar-refractivity contribution in [2.75, 3.05) is 5.75 Å². The maximum Gasteiger partial charge on any atom is 0.303 e. The van der Waals surface area contributed by atoms with Crippen LogP contribution in [-0.4, -0.2) is 43.2 Å². The Hall–Kier alpha value is -1.15. The second kappa shape index (κ2) is 8.47. The molecule has 1 fully saturated rings. The summed E-state index contributed by atoms with van der Waals surface area (Å²) < 4.78 is 26.5. The topological polar surface area (TPSA) is 113 Å². The molecule has 22 heavy (non-hydrogen) atoms. The number of rotatable bonds is 8. The summed E-state index contributed by atoms with van der Waals surface area (Å²) in [6, 6.07) is -0.451. The lowest BCUT2D eigenvalue weighted by molar-refractivity contribution is -0.137. The number of carbonyl (C=O) groups is 2. The first-order valence-corrected chi connectivity index (χ1v) is 9.34. The fourth-order valence-corrected chi connectivity index (χ4v) is 3.83. The van der Waals surface area contributed by atoms with Gasteiger partial charge in [0.15, 0.2) is 0 Å². The molecule has 0 spiro atoms. The Morgan fingerprint density at radius 1 is 1.23 bits per heavy atom. The molecule has 128 valence electrons. The lowest BCUT2D eigenvalue weighted by atomic mass is 9.88. The summed E-state index contributed by atoms with van der Waals surface area (Å²) in [5.74, 6) is -1.54. The second-order valence-electron chi connectivity index (χ2n) is 6.23. The highest BCUT2D eigenvalue weighted by Crippen LogP contribution is 2.23. The van der Waals surface area contributed by atoms with E-state index in [1.807, 2.05) is 0 Å². The highest BCUT2D eigenvalue weighted by molar-refractivity contribution is 7.90. The quantitative estimate of drug-likeness (QED) is 0.609. The van der Waals surface area contributed by atoms with Crippen molar-refractivity contribution in [1.29, 1.82) is 0 Å². The first-order valence-electron chi connectivity index (χ1n) is 7.69.